The molecule has 0 N–H and O–H groups in total. The van der Waals surface area contributed by atoms with E-state index in [1.54, 1.807) is 31.0 Å². The van der Waals surface area contributed by atoms with E-state index < -0.39 is 0 Å². The van der Waals surface area contributed by atoms with E-state index in [-0.39, 0.29) is 5.91 Å². The molecule has 22 heavy (non-hydrogen) atoms. The third-order valence-electron chi connectivity index (χ3n) is 3.34. The van der Waals surface area contributed by atoms with Crippen LogP contribution in [0.15, 0.2) is 31.8 Å². The molecule has 0 spiro atoms. The Kier molecular flexibility index (Phi) is 3.74. The number of nitrogens with zero attached hydrogens (tertiary/aromatic N) is 3. The maximum atomic E-state index is 12.7. The zero-order valence-electron chi connectivity index (χ0n) is 12.4. The van der Waals surface area contributed by atoms with Crippen molar-refractivity contribution in [1.29, 1.82) is 0 Å². The fourth-order valence-corrected chi connectivity index (χ4v) is 2.67. The lowest BCUT2D eigenvalue weighted by Crippen LogP contribution is -2.26. The summed E-state index contributed by atoms with van der Waals surface area (Å²) in [6, 6.07) is 5.38. The van der Waals surface area contributed by atoms with Gasteiger partial charge in [0.15, 0.2) is 4.67 Å². The highest BCUT2D eigenvalue weighted by molar-refractivity contribution is 9.10. The van der Waals surface area contributed by atoms with Crippen LogP contribution in [0.1, 0.15) is 27.5 Å². The molecule has 0 aliphatic rings. The quantitative estimate of drug-likeness (QED) is 0.712. The van der Waals surface area contributed by atoms with E-state index in [0.717, 1.165) is 0 Å². The Morgan fingerprint density at radius 1 is 1.36 bits per heavy atom. The fourth-order valence-electron chi connectivity index (χ4n) is 2.33. The second-order valence-corrected chi connectivity index (χ2v) is 5.91. The number of amides is 1. The summed E-state index contributed by atoms with van der Waals surface area (Å²) in [5.41, 5.74) is 2.28. The van der Waals surface area contributed by atoms with Gasteiger partial charge in [-0.25, -0.2) is 4.98 Å². The Morgan fingerprint density at radius 3 is 2.82 bits per heavy atom. The maximum absolute atomic E-state index is 12.7. The maximum Gasteiger partial charge on any atom is 0.258 e. The van der Waals surface area contributed by atoms with Gasteiger partial charge in [-0.1, -0.05) is 5.16 Å². The highest BCUT2D eigenvalue weighted by Gasteiger charge is 2.21. The largest absolute Gasteiger partial charge is 0.452 e. The van der Waals surface area contributed by atoms with Crippen LogP contribution in [0.4, 0.5) is 0 Å². The third-order valence-corrected chi connectivity index (χ3v) is 3.77. The summed E-state index contributed by atoms with van der Waals surface area (Å²) in [4.78, 5) is 18.6. The van der Waals surface area contributed by atoms with Gasteiger partial charge >= 0.3 is 0 Å². The van der Waals surface area contributed by atoms with Crippen LogP contribution in [0.3, 0.4) is 0 Å². The minimum atomic E-state index is -0.130. The summed E-state index contributed by atoms with van der Waals surface area (Å²) >= 11 is 3.25. The van der Waals surface area contributed by atoms with Crippen LogP contribution in [-0.4, -0.2) is 28.0 Å². The van der Waals surface area contributed by atoms with Crippen LogP contribution in [0.2, 0.25) is 0 Å². The average Bonchev–Trinajstić information content (AvgIpc) is 3.03. The van der Waals surface area contributed by atoms with Crippen LogP contribution in [0.25, 0.3) is 11.1 Å². The second-order valence-electron chi connectivity index (χ2n) is 5.13. The highest BCUT2D eigenvalue weighted by atomic mass is 79.9. The first-order valence-electron chi connectivity index (χ1n) is 6.69. The van der Waals surface area contributed by atoms with Crippen molar-refractivity contribution in [1.82, 2.24) is 15.0 Å². The number of halogens is 1. The lowest BCUT2D eigenvalue weighted by molar-refractivity contribution is 0.0776. The fraction of sp³-hybridized carbons (Fsp3) is 0.267. The number of carbonyl (C=O) groups excluding carboxylic acids is 1. The van der Waals surface area contributed by atoms with Gasteiger partial charge in [0, 0.05) is 12.7 Å². The molecule has 7 heteroatoms. The van der Waals surface area contributed by atoms with Gasteiger partial charge < -0.3 is 13.8 Å². The van der Waals surface area contributed by atoms with Crippen molar-refractivity contribution in [3.63, 3.8) is 0 Å². The molecule has 6 nitrogen and oxygen atoms in total. The summed E-state index contributed by atoms with van der Waals surface area (Å²) in [7, 11) is 1.73. The van der Waals surface area contributed by atoms with E-state index in [1.807, 2.05) is 13.0 Å². The minimum absolute atomic E-state index is 0.130. The lowest BCUT2D eigenvalue weighted by Gasteiger charge is -2.16. The summed E-state index contributed by atoms with van der Waals surface area (Å²) in [5, 5.41) is 4.55. The van der Waals surface area contributed by atoms with Crippen LogP contribution >= 0.6 is 15.9 Å². The molecule has 0 aliphatic carbocycles. The number of fused-ring (bicyclic) bond motifs is 1. The average molecular weight is 364 g/mol. The van der Waals surface area contributed by atoms with Crippen molar-refractivity contribution >= 4 is 32.9 Å². The number of rotatable bonds is 3. The monoisotopic (exact) mass is 363 g/mol. The first-order valence-corrected chi connectivity index (χ1v) is 7.48. The number of aromatic nitrogens is 2. The highest BCUT2D eigenvalue weighted by Crippen LogP contribution is 2.24. The van der Waals surface area contributed by atoms with Crippen molar-refractivity contribution in [2.45, 2.75) is 20.4 Å². The van der Waals surface area contributed by atoms with E-state index in [0.29, 0.717) is 45.0 Å². The zero-order valence-corrected chi connectivity index (χ0v) is 14.0. The van der Waals surface area contributed by atoms with E-state index in [2.05, 4.69) is 26.1 Å². The number of carbonyl (C=O) groups is 1. The van der Waals surface area contributed by atoms with Crippen molar-refractivity contribution in [2.75, 3.05) is 7.05 Å². The molecule has 3 aromatic rings. The van der Waals surface area contributed by atoms with Crippen LogP contribution in [0.5, 0.6) is 0 Å². The molecule has 0 saturated heterocycles. The molecule has 0 aliphatic heterocycles. The summed E-state index contributed by atoms with van der Waals surface area (Å²) in [6.07, 6.45) is 0. The molecule has 0 saturated carbocycles. The van der Waals surface area contributed by atoms with E-state index in [1.165, 1.54) is 0 Å². The SMILES string of the molecule is Cc1cc(C(=O)N(C)Cc2ccc(Br)o2)c2c(C)noc2n1. The number of aryl methyl sites for hydroxylation is 2. The first-order chi connectivity index (χ1) is 10.5. The molecule has 1 amide bonds. The molecule has 114 valence electrons. The van der Waals surface area contributed by atoms with Gasteiger partial charge in [-0.15, -0.1) is 0 Å². The Morgan fingerprint density at radius 2 is 2.14 bits per heavy atom. The van der Waals surface area contributed by atoms with Gasteiger partial charge in [0.2, 0.25) is 0 Å². The first kappa shape index (κ1) is 14.8. The standard InChI is InChI=1S/C15H14BrN3O3/c1-8-6-11(13-9(2)18-22-14(13)17-8)15(20)19(3)7-10-4-5-12(16)21-10/h4-6H,7H2,1-3H3. The Balaban J connectivity index is 1.96. The number of hydrogen-bond acceptors (Lipinski definition) is 5. The van der Waals surface area contributed by atoms with Crippen molar-refractivity contribution in [3.05, 3.63) is 45.6 Å². The number of hydrogen-bond donors (Lipinski definition) is 0. The lowest BCUT2D eigenvalue weighted by atomic mass is 10.1. The van der Waals surface area contributed by atoms with Gasteiger partial charge in [-0.05, 0) is 48.0 Å². The van der Waals surface area contributed by atoms with E-state index in [4.69, 9.17) is 8.94 Å². The summed E-state index contributed by atoms with van der Waals surface area (Å²) in [5.74, 6) is 0.570. The van der Waals surface area contributed by atoms with Crippen molar-refractivity contribution in [2.24, 2.45) is 0 Å². The molecule has 0 atom stereocenters. The Bertz CT molecular complexity index is 853. The van der Waals surface area contributed by atoms with Gasteiger partial charge in [0.25, 0.3) is 11.6 Å². The normalized spacial score (nSPS) is 11.1. The van der Waals surface area contributed by atoms with Crippen LogP contribution in [-0.2, 0) is 6.54 Å². The van der Waals surface area contributed by atoms with Gasteiger partial charge in [-0.3, -0.25) is 4.79 Å². The second kappa shape index (κ2) is 5.57. The smallest absolute Gasteiger partial charge is 0.258 e. The predicted molar refractivity (Wildman–Crippen MR) is 83.5 cm³/mol. The Hall–Kier alpha value is -2.15. The molecule has 0 radical (unpaired) electrons. The third kappa shape index (κ3) is 2.64. The molecule has 0 aromatic carbocycles. The zero-order chi connectivity index (χ0) is 15.9. The van der Waals surface area contributed by atoms with E-state index in [9.17, 15) is 4.79 Å². The molecule has 0 fully saturated rings. The minimum Gasteiger partial charge on any atom is -0.452 e. The van der Waals surface area contributed by atoms with Gasteiger partial charge in [0.1, 0.15) is 5.76 Å². The van der Waals surface area contributed by atoms with Crippen LogP contribution < -0.4 is 0 Å². The molecule has 0 bridgehead atoms. The molecular formula is C15H14BrN3O3. The van der Waals surface area contributed by atoms with Crippen LogP contribution in [0, 0.1) is 13.8 Å². The topological polar surface area (TPSA) is 72.4 Å². The summed E-state index contributed by atoms with van der Waals surface area (Å²) in [6.45, 7) is 3.98. The molecular weight excluding hydrogens is 350 g/mol. The molecule has 3 rings (SSSR count). The van der Waals surface area contributed by atoms with Crippen molar-refractivity contribution < 1.29 is 13.7 Å². The van der Waals surface area contributed by atoms with Crippen molar-refractivity contribution in [3.8, 4) is 0 Å². The number of furan rings is 1. The molecule has 3 heterocycles. The van der Waals surface area contributed by atoms with Gasteiger partial charge in [-0.2, -0.15) is 0 Å². The Labute approximate surface area is 135 Å². The predicted octanol–water partition coefficient (Wildman–Crippen LogP) is 3.47. The van der Waals surface area contributed by atoms with E-state index >= 15 is 0 Å². The molecule has 3 aromatic heterocycles. The molecule has 0 unspecified atom stereocenters. The van der Waals surface area contributed by atoms with Gasteiger partial charge in [0.05, 0.1) is 23.2 Å². The number of pyridine rings is 1. The summed E-state index contributed by atoms with van der Waals surface area (Å²) < 4.78 is 11.2.